The number of hydrogen-bond acceptors (Lipinski definition) is 5. The maximum Gasteiger partial charge on any atom is 0.177 e. The first kappa shape index (κ1) is 19.0. The molecule has 2 fully saturated rings. The van der Waals surface area contributed by atoms with Crippen molar-refractivity contribution in [3.8, 4) is 11.5 Å². The topological polar surface area (TPSA) is 56.8 Å². The molecule has 1 aromatic carbocycles. The predicted octanol–water partition coefficient (Wildman–Crippen LogP) is 2.95. The molecule has 1 saturated heterocycles. The molecule has 0 radical (unpaired) electrons. The van der Waals surface area contributed by atoms with Crippen LogP contribution in [0.15, 0.2) is 12.1 Å². The van der Waals surface area contributed by atoms with Crippen molar-refractivity contribution in [1.29, 1.82) is 0 Å². The smallest absolute Gasteiger partial charge is 0.177 e. The number of halogens is 1. The van der Waals surface area contributed by atoms with Crippen LogP contribution in [-0.4, -0.2) is 43.3 Å². The molecule has 5 rings (SSSR count). The minimum absolute atomic E-state index is 0. The number of benzene rings is 1. The molecule has 1 spiro atoms. The van der Waals surface area contributed by atoms with Crippen molar-refractivity contribution in [2.75, 3.05) is 20.3 Å². The Morgan fingerprint density at radius 3 is 2.89 bits per heavy atom. The Hall–Kier alpha value is -1.30. The van der Waals surface area contributed by atoms with Crippen molar-refractivity contribution in [3.05, 3.63) is 23.3 Å². The van der Waals surface area contributed by atoms with Crippen LogP contribution in [0, 0.1) is 0 Å². The van der Waals surface area contributed by atoms with E-state index in [1.54, 1.807) is 7.11 Å². The van der Waals surface area contributed by atoms with E-state index >= 15 is 0 Å². The predicted molar refractivity (Wildman–Crippen MR) is 104 cm³/mol. The molecule has 5 nitrogen and oxygen atoms in total. The van der Waals surface area contributed by atoms with E-state index in [-0.39, 0.29) is 24.2 Å². The van der Waals surface area contributed by atoms with Gasteiger partial charge in [0.2, 0.25) is 0 Å². The highest BCUT2D eigenvalue weighted by Crippen LogP contribution is 2.68. The standard InChI is InChI=1S/C21H27NO4.ClH/c1-4-11-25-21-8-7-16(23)19(2)20(21)9-10-22-15(21)12-13-5-6-14(24-3)18(26-19)17(13)20;/h5-6,15,22H,4,7-12H2,1-3H3;1H/t15-,19+,20+,21-;/m1./s1. The first-order valence-corrected chi connectivity index (χ1v) is 9.84. The third-order valence-corrected chi connectivity index (χ3v) is 7.39. The number of carbonyl (C=O) groups is 1. The summed E-state index contributed by atoms with van der Waals surface area (Å²) in [7, 11) is 1.67. The second kappa shape index (κ2) is 6.10. The van der Waals surface area contributed by atoms with E-state index in [4.69, 9.17) is 14.2 Å². The number of ether oxygens (including phenoxy) is 3. The van der Waals surface area contributed by atoms with Gasteiger partial charge >= 0.3 is 0 Å². The lowest BCUT2D eigenvalue weighted by atomic mass is 9.45. The molecule has 6 heteroatoms. The number of hydrogen-bond donors (Lipinski definition) is 1. The molecule has 0 aromatic heterocycles. The van der Waals surface area contributed by atoms with Crippen LogP contribution in [0.1, 0.15) is 50.7 Å². The van der Waals surface area contributed by atoms with Crippen molar-refractivity contribution in [2.45, 2.75) is 68.6 Å². The Labute approximate surface area is 166 Å². The Morgan fingerprint density at radius 2 is 2.15 bits per heavy atom. The van der Waals surface area contributed by atoms with E-state index in [9.17, 15) is 4.79 Å². The SMILES string of the molecule is CCCO[C@@]12CCC(=O)[C@]3(C)Oc4c(OC)ccc5c4[C@@]31CCN[C@@H]2C5.Cl. The van der Waals surface area contributed by atoms with Gasteiger partial charge in [-0.05, 0) is 50.8 Å². The molecule has 2 aliphatic carbocycles. The molecule has 27 heavy (non-hydrogen) atoms. The fourth-order valence-corrected chi connectivity index (χ4v) is 6.38. The van der Waals surface area contributed by atoms with Gasteiger partial charge in [-0.3, -0.25) is 4.79 Å². The second-order valence-corrected chi connectivity index (χ2v) is 8.29. The number of piperidine rings is 1. The number of carbonyl (C=O) groups excluding carboxylic acids is 1. The van der Waals surface area contributed by atoms with E-state index in [1.165, 1.54) is 11.1 Å². The lowest BCUT2D eigenvalue weighted by Crippen LogP contribution is -2.80. The average molecular weight is 394 g/mol. The highest BCUT2D eigenvalue weighted by molar-refractivity contribution is 5.94. The Kier molecular flexibility index (Phi) is 4.30. The fraction of sp³-hybridized carbons (Fsp3) is 0.667. The molecule has 0 unspecified atom stereocenters. The molecule has 1 N–H and O–H groups in total. The normalized spacial score (nSPS) is 37.9. The van der Waals surface area contributed by atoms with Crippen LogP contribution in [0.3, 0.4) is 0 Å². The second-order valence-electron chi connectivity index (χ2n) is 8.29. The highest BCUT2D eigenvalue weighted by atomic mass is 35.5. The highest BCUT2D eigenvalue weighted by Gasteiger charge is 2.77. The Balaban J connectivity index is 0.00000180. The van der Waals surface area contributed by atoms with Crippen molar-refractivity contribution >= 4 is 18.2 Å². The lowest BCUT2D eigenvalue weighted by molar-refractivity contribution is -0.209. The number of nitrogens with one attached hydrogen (secondary N) is 1. The summed E-state index contributed by atoms with van der Waals surface area (Å²) < 4.78 is 18.8. The number of methoxy groups -OCH3 is 1. The molecule has 2 bridgehead atoms. The van der Waals surface area contributed by atoms with E-state index in [2.05, 4.69) is 18.3 Å². The summed E-state index contributed by atoms with van der Waals surface area (Å²) in [6, 6.07) is 4.34. The van der Waals surface area contributed by atoms with Crippen LogP contribution in [0.5, 0.6) is 11.5 Å². The van der Waals surface area contributed by atoms with Gasteiger partial charge in [-0.15, -0.1) is 12.4 Å². The molecule has 2 aliphatic heterocycles. The van der Waals surface area contributed by atoms with Gasteiger partial charge in [-0.2, -0.15) is 0 Å². The van der Waals surface area contributed by atoms with E-state index < -0.39 is 16.6 Å². The number of rotatable bonds is 4. The fourth-order valence-electron chi connectivity index (χ4n) is 6.38. The third kappa shape index (κ3) is 1.95. The summed E-state index contributed by atoms with van der Waals surface area (Å²) >= 11 is 0. The van der Waals surface area contributed by atoms with E-state index in [0.717, 1.165) is 43.7 Å². The van der Waals surface area contributed by atoms with E-state index in [1.807, 2.05) is 13.0 Å². The first-order valence-electron chi connectivity index (χ1n) is 9.84. The zero-order valence-corrected chi connectivity index (χ0v) is 17.0. The lowest BCUT2D eigenvalue weighted by Gasteiger charge is -2.64. The van der Waals surface area contributed by atoms with E-state index in [0.29, 0.717) is 13.0 Å². The molecular weight excluding hydrogens is 366 g/mol. The maximum atomic E-state index is 13.2. The van der Waals surface area contributed by atoms with Gasteiger partial charge in [-0.25, -0.2) is 0 Å². The monoisotopic (exact) mass is 393 g/mol. The van der Waals surface area contributed by atoms with Crippen LogP contribution < -0.4 is 14.8 Å². The number of ketones is 1. The van der Waals surface area contributed by atoms with Gasteiger partial charge in [0.1, 0.15) is 0 Å². The van der Waals surface area contributed by atoms with Gasteiger partial charge in [0.15, 0.2) is 22.9 Å². The maximum absolute atomic E-state index is 13.2. The molecule has 2 heterocycles. The molecule has 4 atom stereocenters. The Morgan fingerprint density at radius 1 is 1.33 bits per heavy atom. The summed E-state index contributed by atoms with van der Waals surface area (Å²) in [4.78, 5) is 13.2. The molecule has 1 aromatic rings. The summed E-state index contributed by atoms with van der Waals surface area (Å²) in [6.45, 7) is 5.72. The number of Topliss-reactive ketones (excluding diaryl/α,β-unsaturated/α-hetero) is 1. The summed E-state index contributed by atoms with van der Waals surface area (Å²) in [5.74, 6) is 1.69. The van der Waals surface area contributed by atoms with Crippen LogP contribution in [0.2, 0.25) is 0 Å². The molecular formula is C21H28ClNO4. The van der Waals surface area contributed by atoms with Gasteiger partial charge in [0.05, 0.1) is 18.1 Å². The van der Waals surface area contributed by atoms with Gasteiger partial charge in [0.25, 0.3) is 0 Å². The molecule has 0 amide bonds. The third-order valence-electron chi connectivity index (χ3n) is 7.39. The van der Waals surface area contributed by atoms with Crippen LogP contribution >= 0.6 is 12.4 Å². The van der Waals surface area contributed by atoms with Crippen LogP contribution in [0.4, 0.5) is 0 Å². The van der Waals surface area contributed by atoms with Crippen molar-refractivity contribution in [2.24, 2.45) is 0 Å². The first-order chi connectivity index (χ1) is 12.5. The zero-order valence-electron chi connectivity index (χ0n) is 16.2. The largest absolute Gasteiger partial charge is 0.493 e. The summed E-state index contributed by atoms with van der Waals surface area (Å²) in [5, 5.41) is 3.72. The molecule has 148 valence electrons. The van der Waals surface area contributed by atoms with Gasteiger partial charge in [-0.1, -0.05) is 13.0 Å². The van der Waals surface area contributed by atoms with Crippen molar-refractivity contribution in [3.63, 3.8) is 0 Å². The minimum Gasteiger partial charge on any atom is -0.493 e. The van der Waals surface area contributed by atoms with Gasteiger partial charge < -0.3 is 19.5 Å². The van der Waals surface area contributed by atoms with Crippen LogP contribution in [0.25, 0.3) is 0 Å². The van der Waals surface area contributed by atoms with Gasteiger partial charge in [0, 0.05) is 24.6 Å². The molecule has 1 saturated carbocycles. The van der Waals surface area contributed by atoms with Crippen LogP contribution in [-0.2, 0) is 21.4 Å². The van der Waals surface area contributed by atoms with Crippen molar-refractivity contribution in [1.82, 2.24) is 5.32 Å². The van der Waals surface area contributed by atoms with Crippen molar-refractivity contribution < 1.29 is 19.0 Å². The zero-order chi connectivity index (χ0) is 18.2. The summed E-state index contributed by atoms with van der Waals surface area (Å²) in [5.41, 5.74) is 0.742. The molecule has 4 aliphatic rings. The minimum atomic E-state index is -0.883. The Bertz CT molecular complexity index is 799. The quantitative estimate of drug-likeness (QED) is 0.852. The average Bonchev–Trinajstić information content (AvgIpc) is 2.91. The summed E-state index contributed by atoms with van der Waals surface area (Å²) in [6.07, 6.45) is 3.99.